The van der Waals surface area contributed by atoms with E-state index < -0.39 is 0 Å². The molecule has 0 unspecified atom stereocenters. The van der Waals surface area contributed by atoms with Crippen LogP contribution in [0.1, 0.15) is 5.56 Å². The summed E-state index contributed by atoms with van der Waals surface area (Å²) < 4.78 is 3.53. The predicted molar refractivity (Wildman–Crippen MR) is 52.1 cm³/mol. The van der Waals surface area contributed by atoms with E-state index in [1.165, 1.54) is 9.26 Å². The second-order valence-corrected chi connectivity index (χ2v) is 4.34. The van der Waals surface area contributed by atoms with Crippen molar-refractivity contribution in [3.05, 3.63) is 33.7 Å². The van der Waals surface area contributed by atoms with Gasteiger partial charge in [-0.25, -0.2) is 0 Å². The topological polar surface area (TPSA) is 12.9 Å². The zero-order chi connectivity index (χ0) is 6.81. The Morgan fingerprint density at radius 2 is 2.40 bits per heavy atom. The number of hydrogen-bond donors (Lipinski definition) is 0. The van der Waals surface area contributed by atoms with Gasteiger partial charge in [-0.3, -0.25) is 4.98 Å². The maximum absolute atomic E-state index is 4.29. The molecule has 0 saturated carbocycles. The molecular weight excluding hydrogens is 237 g/mol. The Morgan fingerprint density at radius 1 is 1.40 bits per heavy atom. The predicted octanol–water partition coefficient (Wildman–Crippen LogP) is 2.05. The van der Waals surface area contributed by atoms with E-state index in [1.807, 2.05) is 12.3 Å². The van der Waals surface area contributed by atoms with Gasteiger partial charge in [-0.15, -0.1) is 0 Å². The van der Waals surface area contributed by atoms with Gasteiger partial charge in [-0.2, -0.15) is 0 Å². The van der Waals surface area contributed by atoms with Crippen LogP contribution in [0.5, 0.6) is 0 Å². The molecule has 0 saturated heterocycles. The number of nitrogens with zero attached hydrogens (tertiary/aromatic N) is 1. The Morgan fingerprint density at radius 3 is 3.30 bits per heavy atom. The minimum Gasteiger partial charge on any atom is -0.250 e. The third kappa shape index (κ3) is 1.03. The van der Waals surface area contributed by atoms with Gasteiger partial charge in [-0.05, 0) is 10.1 Å². The fourth-order valence-corrected chi connectivity index (χ4v) is 2.65. The average molecular weight is 243 g/mol. The van der Waals surface area contributed by atoms with Gasteiger partial charge in [0.25, 0.3) is 0 Å². The molecule has 1 aromatic rings. The molecule has 0 N–H and O–H groups in total. The van der Waals surface area contributed by atoms with Crippen LogP contribution in [-0.2, 0) is 0 Å². The highest BCUT2D eigenvalue weighted by Gasteiger charge is 1.97. The summed E-state index contributed by atoms with van der Waals surface area (Å²) in [6.45, 7) is 0. The fraction of sp³-hybridized carbons (Fsp3) is 0. The van der Waals surface area contributed by atoms with Crippen molar-refractivity contribution in [3.8, 4) is 0 Å². The lowest BCUT2D eigenvalue weighted by Gasteiger charge is -1.99. The lowest BCUT2D eigenvalue weighted by molar-refractivity contribution is 1.26. The summed E-state index contributed by atoms with van der Waals surface area (Å²) in [6.07, 6.45) is 6.11. The molecule has 0 radical (unpaired) electrons. The Kier molecular flexibility index (Phi) is 1.63. The highest BCUT2D eigenvalue weighted by molar-refractivity contribution is 14.2. The number of rotatable bonds is 0. The third-order valence-electron chi connectivity index (χ3n) is 1.30. The summed E-state index contributed by atoms with van der Waals surface area (Å²) in [6, 6.07) is 4.10. The zero-order valence-electron chi connectivity index (χ0n) is 5.29. The van der Waals surface area contributed by atoms with Gasteiger partial charge in [-0.1, -0.05) is 38.9 Å². The van der Waals surface area contributed by atoms with Crippen LogP contribution in [-0.4, -0.2) is 9.00 Å². The normalized spacial score (nSPS) is 14.0. The highest BCUT2D eigenvalue weighted by atomic mass is 127. The molecule has 2 rings (SSSR count). The molecule has 1 aromatic heterocycles. The van der Waals surface area contributed by atoms with E-state index in [0.29, 0.717) is 0 Å². The Balaban J connectivity index is 2.65. The summed E-state index contributed by atoms with van der Waals surface area (Å²) >= 11 is 0.0721. The molecule has 0 aliphatic carbocycles. The van der Waals surface area contributed by atoms with Crippen LogP contribution in [0.4, 0.5) is 0 Å². The largest absolute Gasteiger partial charge is 0.250 e. The van der Waals surface area contributed by atoms with E-state index >= 15 is 0 Å². The minimum atomic E-state index is 0.0721. The monoisotopic (exact) mass is 243 g/mol. The van der Waals surface area contributed by atoms with Gasteiger partial charge in [0.15, 0.2) is 0 Å². The molecule has 0 bridgehead atoms. The number of aromatic nitrogens is 1. The van der Waals surface area contributed by atoms with Gasteiger partial charge in [0.2, 0.25) is 0 Å². The Labute approximate surface area is 69.5 Å². The molecule has 2 heterocycles. The molecule has 2 heteroatoms. The van der Waals surface area contributed by atoms with E-state index in [1.54, 1.807) is 0 Å². The SMILES string of the molecule is C1=Cc2cccnc2I=C1. The molecule has 50 valence electrons. The summed E-state index contributed by atoms with van der Waals surface area (Å²) in [5.74, 6) is 0. The Bertz CT molecular complexity index is 271. The van der Waals surface area contributed by atoms with E-state index in [4.69, 9.17) is 0 Å². The summed E-state index contributed by atoms with van der Waals surface area (Å²) in [7, 11) is 0. The minimum absolute atomic E-state index is 0.0721. The lowest BCUT2D eigenvalue weighted by Crippen LogP contribution is -1.87. The molecule has 0 spiro atoms. The smallest absolute Gasteiger partial charge is 0.103 e. The second kappa shape index (κ2) is 2.62. The molecule has 0 atom stereocenters. The molecule has 10 heavy (non-hydrogen) atoms. The Hall–Kier alpha value is -0.510. The third-order valence-corrected chi connectivity index (χ3v) is 3.57. The van der Waals surface area contributed by atoms with Gasteiger partial charge in [0, 0.05) is 11.8 Å². The van der Waals surface area contributed by atoms with Crippen LogP contribution in [0, 0.1) is 3.70 Å². The second-order valence-electron chi connectivity index (χ2n) is 1.98. The van der Waals surface area contributed by atoms with Crippen molar-refractivity contribution >= 4 is 30.8 Å². The first-order valence-electron chi connectivity index (χ1n) is 3.05. The molecular formula is C8H6IN. The summed E-state index contributed by atoms with van der Waals surface area (Å²) in [4.78, 5) is 4.29. The molecule has 1 aliphatic heterocycles. The summed E-state index contributed by atoms with van der Waals surface area (Å²) in [5, 5.41) is 0. The van der Waals surface area contributed by atoms with E-state index in [2.05, 4.69) is 27.2 Å². The number of hydrogen-bond acceptors (Lipinski definition) is 1. The van der Waals surface area contributed by atoms with Crippen LogP contribution < -0.4 is 0 Å². The molecule has 0 fully saturated rings. The van der Waals surface area contributed by atoms with Crippen molar-refractivity contribution in [2.24, 2.45) is 0 Å². The first-order chi connectivity index (χ1) is 4.97. The van der Waals surface area contributed by atoms with Crippen LogP contribution >= 0.6 is 20.7 Å². The van der Waals surface area contributed by atoms with Crippen molar-refractivity contribution in [2.45, 2.75) is 0 Å². The van der Waals surface area contributed by atoms with Crippen LogP contribution in [0.15, 0.2) is 24.4 Å². The molecule has 1 aliphatic rings. The van der Waals surface area contributed by atoms with Crippen LogP contribution in [0.3, 0.4) is 0 Å². The van der Waals surface area contributed by atoms with E-state index in [0.717, 1.165) is 0 Å². The summed E-state index contributed by atoms with van der Waals surface area (Å²) in [5.41, 5.74) is 1.30. The van der Waals surface area contributed by atoms with E-state index in [9.17, 15) is 0 Å². The number of fused-ring (bicyclic) bond motifs is 1. The maximum Gasteiger partial charge on any atom is 0.103 e. The zero-order valence-corrected chi connectivity index (χ0v) is 7.45. The quantitative estimate of drug-likeness (QED) is 0.502. The van der Waals surface area contributed by atoms with Crippen molar-refractivity contribution < 1.29 is 0 Å². The maximum atomic E-state index is 4.29. The van der Waals surface area contributed by atoms with Crippen LogP contribution in [0.2, 0.25) is 0 Å². The van der Waals surface area contributed by atoms with Crippen molar-refractivity contribution in [3.63, 3.8) is 0 Å². The molecule has 1 nitrogen and oxygen atoms in total. The van der Waals surface area contributed by atoms with Gasteiger partial charge in [0.1, 0.15) is 3.70 Å². The number of pyridine rings is 1. The van der Waals surface area contributed by atoms with Gasteiger partial charge in [0.05, 0.1) is 0 Å². The van der Waals surface area contributed by atoms with E-state index in [-0.39, 0.29) is 20.7 Å². The first kappa shape index (κ1) is 6.22. The highest BCUT2D eigenvalue weighted by Crippen LogP contribution is 2.18. The van der Waals surface area contributed by atoms with Crippen molar-refractivity contribution in [2.75, 3.05) is 0 Å². The lowest BCUT2D eigenvalue weighted by atomic mass is 10.3. The number of allylic oxidation sites excluding steroid dienone is 1. The standard InChI is InChI=1S/C8H6IN/c1-3-7-4-2-6-10-8(7)9-5-1/h1-6H. The number of halogens is 1. The molecule has 0 amide bonds. The average Bonchev–Trinajstić information content (AvgIpc) is 2.05. The van der Waals surface area contributed by atoms with Crippen molar-refractivity contribution in [1.29, 1.82) is 0 Å². The fourth-order valence-electron chi connectivity index (χ4n) is 0.850. The molecule has 0 aromatic carbocycles. The van der Waals surface area contributed by atoms with Crippen molar-refractivity contribution in [1.82, 2.24) is 4.98 Å². The first-order valence-corrected chi connectivity index (χ1v) is 5.37. The van der Waals surface area contributed by atoms with Crippen LogP contribution in [0.25, 0.3) is 6.08 Å². The van der Waals surface area contributed by atoms with Gasteiger partial charge >= 0.3 is 0 Å². The van der Waals surface area contributed by atoms with Gasteiger partial charge < -0.3 is 0 Å².